The van der Waals surface area contributed by atoms with Crippen molar-refractivity contribution < 1.29 is 0 Å². The fourth-order valence-electron chi connectivity index (χ4n) is 0. The molecule has 0 bridgehead atoms. The molecule has 0 N–H and O–H groups in total. The van der Waals surface area contributed by atoms with Crippen LogP contribution in [0.15, 0.2) is 0 Å². The molecule has 0 aliphatic heterocycles. The topological polar surface area (TPSA) is 0 Å². The molecule has 6 heavy (non-hydrogen) atoms. The summed E-state index contributed by atoms with van der Waals surface area (Å²) in [6.07, 6.45) is 9.25. The van der Waals surface area contributed by atoms with Gasteiger partial charge in [-0.3, -0.25) is 0 Å². The molecule has 0 aromatic rings. The number of terminal acetylenes is 1. The molecule has 0 aromatic heterocycles. The highest BCUT2D eigenvalue weighted by atomic mass is 13.4. The Bertz CT molecular complexity index is 11.2. The quantitative estimate of drug-likeness (QED) is 0.397. The van der Waals surface area contributed by atoms with Crippen LogP contribution in [-0.4, -0.2) is 0 Å². The Morgan fingerprint density at radius 1 is 1.17 bits per heavy atom. The Hall–Kier alpha value is -0.440. The Morgan fingerprint density at radius 2 is 1.17 bits per heavy atom. The lowest BCUT2D eigenvalue weighted by Gasteiger charge is -1.48. The van der Waals surface area contributed by atoms with E-state index < -0.39 is 0 Å². The molecule has 0 saturated carbocycles. The predicted molar refractivity (Wildman–Crippen MR) is 32.6 cm³/mol. The van der Waals surface area contributed by atoms with Gasteiger partial charge >= 0.3 is 0 Å². The Kier molecular flexibility index (Phi) is 542. The fourth-order valence-corrected chi connectivity index (χ4v) is 0. The third kappa shape index (κ3) is 121. The van der Waals surface area contributed by atoms with Crippen LogP contribution in [0.2, 0.25) is 0 Å². The van der Waals surface area contributed by atoms with Gasteiger partial charge in [0.25, 0.3) is 0 Å². The van der Waals surface area contributed by atoms with Gasteiger partial charge in [0.1, 0.15) is 0 Å². The molecule has 0 rings (SSSR count). The van der Waals surface area contributed by atoms with Gasteiger partial charge in [-0.2, -0.15) is 0 Å². The smallest absolute Gasteiger partial charge is 0.0590 e. The minimum atomic E-state index is 0. The van der Waals surface area contributed by atoms with Gasteiger partial charge in [0, 0.05) is 0 Å². The molecule has 0 saturated heterocycles. The molecule has 0 fully saturated rings. The summed E-state index contributed by atoms with van der Waals surface area (Å²) in [5.74, 6) is 0. The van der Waals surface area contributed by atoms with Gasteiger partial charge in [-0.05, 0) is 0 Å². The lowest BCUT2D eigenvalue weighted by molar-refractivity contribution is 1.09. The van der Waals surface area contributed by atoms with Crippen LogP contribution >= 0.6 is 0 Å². The predicted octanol–water partition coefficient (Wildman–Crippen LogP) is 2.30. The first-order chi connectivity index (χ1) is 2.41. The standard InChI is InChI=1S/C3H8.C2H2.CH4/c1-3-2;1-2;/h3H2,1-2H3;1-2H;1H4. The number of hydrogen-bond acceptors (Lipinski definition) is 0. The highest BCUT2D eigenvalue weighted by Crippen LogP contribution is 1.56. The van der Waals surface area contributed by atoms with Crippen molar-refractivity contribution in [3.63, 3.8) is 0 Å². The van der Waals surface area contributed by atoms with Crippen LogP contribution in [0.3, 0.4) is 0 Å². The minimum absolute atomic E-state index is 0. The molecule has 0 unspecified atom stereocenters. The fraction of sp³-hybridized carbons (Fsp3) is 0.667. The minimum Gasteiger partial charge on any atom is -0.124 e. The maximum Gasteiger partial charge on any atom is -0.0590 e. The van der Waals surface area contributed by atoms with E-state index in [4.69, 9.17) is 0 Å². The van der Waals surface area contributed by atoms with Crippen molar-refractivity contribution in [2.75, 3.05) is 0 Å². The van der Waals surface area contributed by atoms with Crippen molar-refractivity contribution >= 4 is 0 Å². The van der Waals surface area contributed by atoms with E-state index in [-0.39, 0.29) is 7.43 Å². The highest BCUT2D eigenvalue weighted by Gasteiger charge is 1.35. The van der Waals surface area contributed by atoms with Crippen molar-refractivity contribution in [2.45, 2.75) is 27.7 Å². The van der Waals surface area contributed by atoms with Gasteiger partial charge in [0.05, 0.1) is 0 Å². The second-order valence-corrected chi connectivity index (χ2v) is 0.707. The second-order valence-electron chi connectivity index (χ2n) is 0.707. The lowest BCUT2D eigenvalue weighted by atomic mass is 10.6. The zero-order valence-corrected chi connectivity index (χ0v) is 3.86. The first kappa shape index (κ1) is 17.6. The summed E-state index contributed by atoms with van der Waals surface area (Å²) in [6.45, 7) is 4.25. The van der Waals surface area contributed by atoms with Crippen molar-refractivity contribution in [3.8, 4) is 12.8 Å². The second kappa shape index (κ2) is 184. The van der Waals surface area contributed by atoms with Crippen molar-refractivity contribution in [3.05, 3.63) is 0 Å². The zero-order chi connectivity index (χ0) is 4.71. The number of rotatable bonds is 0. The first-order valence-corrected chi connectivity index (χ1v) is 1.75. The molecule has 0 aromatic carbocycles. The van der Waals surface area contributed by atoms with E-state index in [9.17, 15) is 0 Å². The SMILES string of the molecule is C.C#C.CCC. The van der Waals surface area contributed by atoms with Crippen molar-refractivity contribution in [1.82, 2.24) is 0 Å². The zero-order valence-electron chi connectivity index (χ0n) is 3.86. The lowest BCUT2D eigenvalue weighted by Crippen LogP contribution is -1.27. The van der Waals surface area contributed by atoms with E-state index in [0.29, 0.717) is 0 Å². The van der Waals surface area contributed by atoms with Crippen LogP contribution in [0.5, 0.6) is 0 Å². The van der Waals surface area contributed by atoms with Gasteiger partial charge in [0.2, 0.25) is 0 Å². The molecule has 0 nitrogen and oxygen atoms in total. The van der Waals surface area contributed by atoms with Gasteiger partial charge in [0.15, 0.2) is 0 Å². The average molecular weight is 86.2 g/mol. The van der Waals surface area contributed by atoms with E-state index in [1.54, 1.807) is 0 Å². The summed E-state index contributed by atoms with van der Waals surface area (Å²) < 4.78 is 0. The van der Waals surface area contributed by atoms with Gasteiger partial charge < -0.3 is 0 Å². The molecule has 0 aliphatic carbocycles. The van der Waals surface area contributed by atoms with E-state index in [2.05, 4.69) is 26.7 Å². The van der Waals surface area contributed by atoms with Gasteiger partial charge in [-0.25, -0.2) is 0 Å². The molecule has 0 radical (unpaired) electrons. The molecule has 0 atom stereocenters. The largest absolute Gasteiger partial charge is 0.124 e. The van der Waals surface area contributed by atoms with Crippen LogP contribution in [0.1, 0.15) is 27.7 Å². The summed E-state index contributed by atoms with van der Waals surface area (Å²) in [7, 11) is 0. The maximum atomic E-state index is 4.00. The summed E-state index contributed by atoms with van der Waals surface area (Å²) in [6, 6.07) is 0. The van der Waals surface area contributed by atoms with E-state index in [1.807, 2.05) is 0 Å². The van der Waals surface area contributed by atoms with Crippen LogP contribution in [0.25, 0.3) is 0 Å². The molecule has 38 valence electrons. The third-order valence-electron chi connectivity index (χ3n) is 0. The molecule has 0 spiro atoms. The first-order valence-electron chi connectivity index (χ1n) is 1.75. The molecule has 0 aliphatic rings. The average Bonchev–Trinajstić information content (AvgIpc) is 1.46. The molecular weight excluding hydrogens is 72.1 g/mol. The Balaban J connectivity index is -0.0000000275. The highest BCUT2D eigenvalue weighted by molar-refractivity contribution is 4.47. The van der Waals surface area contributed by atoms with Gasteiger partial charge in [-0.1, -0.05) is 27.7 Å². The normalized spacial score (nSPS) is 3.33. The summed E-state index contributed by atoms with van der Waals surface area (Å²) in [4.78, 5) is 0. The summed E-state index contributed by atoms with van der Waals surface area (Å²) in [5.41, 5.74) is 0. The Morgan fingerprint density at radius 3 is 1.17 bits per heavy atom. The molecular formula is C6H14. The Labute approximate surface area is 41.6 Å². The molecule has 0 amide bonds. The summed E-state index contributed by atoms with van der Waals surface area (Å²) in [5, 5.41) is 0. The van der Waals surface area contributed by atoms with Gasteiger partial charge in [-0.15, -0.1) is 12.8 Å². The maximum absolute atomic E-state index is 4.00. The van der Waals surface area contributed by atoms with E-state index >= 15 is 0 Å². The summed E-state index contributed by atoms with van der Waals surface area (Å²) >= 11 is 0. The number of hydrogen-bond donors (Lipinski definition) is 0. The van der Waals surface area contributed by atoms with Crippen LogP contribution in [-0.2, 0) is 0 Å². The third-order valence-corrected chi connectivity index (χ3v) is 0. The van der Waals surface area contributed by atoms with Crippen LogP contribution in [0.4, 0.5) is 0 Å². The van der Waals surface area contributed by atoms with Crippen molar-refractivity contribution in [2.24, 2.45) is 0 Å². The molecule has 0 heteroatoms. The van der Waals surface area contributed by atoms with Crippen LogP contribution < -0.4 is 0 Å². The van der Waals surface area contributed by atoms with E-state index in [0.717, 1.165) is 0 Å². The van der Waals surface area contributed by atoms with Crippen LogP contribution in [0, 0.1) is 12.8 Å². The van der Waals surface area contributed by atoms with Crippen molar-refractivity contribution in [1.29, 1.82) is 0 Å². The molecule has 0 heterocycles. The monoisotopic (exact) mass is 86.1 g/mol. The van der Waals surface area contributed by atoms with E-state index in [1.165, 1.54) is 6.42 Å².